The molecule has 0 saturated carbocycles. The van der Waals surface area contributed by atoms with Crippen LogP contribution in [0, 0.1) is 6.92 Å². The van der Waals surface area contributed by atoms with Crippen molar-refractivity contribution in [3.8, 4) is 17.2 Å². The van der Waals surface area contributed by atoms with Gasteiger partial charge in [-0.3, -0.25) is 0 Å². The molecule has 1 N–H and O–H groups in total. The van der Waals surface area contributed by atoms with Gasteiger partial charge in [-0.25, -0.2) is 14.5 Å². The van der Waals surface area contributed by atoms with E-state index in [9.17, 15) is 18.0 Å². The molecular formula is C32H31F3N6O3S. The van der Waals surface area contributed by atoms with Crippen LogP contribution in [0.1, 0.15) is 37.2 Å². The minimum absolute atomic E-state index is 0.0630. The standard InChI is InChI=1S/C32H31F3N6O3S/c1-4-22(3)43-28-15-5-21(2)19-27(28)40-17-18-45-31(40)38-30(42)37-24-9-6-23(7-10-24)8-16-29-36-20-41(39-29)25-11-13-26(14-12-25)44-32(33,34)35/h5-16,19-20,22H,4,17-18H2,1-3H3,(H,37,42)/b16-8+,38-31-. The molecule has 1 unspecified atom stereocenters. The zero-order valence-electron chi connectivity index (χ0n) is 24.8. The Kier molecular flexibility index (Phi) is 9.77. The minimum atomic E-state index is -4.75. The predicted octanol–water partition coefficient (Wildman–Crippen LogP) is 7.96. The number of hydrogen-bond acceptors (Lipinski definition) is 6. The molecule has 2 heterocycles. The first-order valence-corrected chi connectivity index (χ1v) is 15.2. The number of amidine groups is 1. The average molecular weight is 637 g/mol. The number of nitrogens with zero attached hydrogens (tertiary/aromatic N) is 5. The van der Waals surface area contributed by atoms with Crippen LogP contribution in [0.3, 0.4) is 0 Å². The third kappa shape index (κ3) is 8.66. The van der Waals surface area contributed by atoms with Gasteiger partial charge in [0.25, 0.3) is 0 Å². The number of ether oxygens (including phenoxy) is 2. The van der Waals surface area contributed by atoms with Crippen molar-refractivity contribution in [1.29, 1.82) is 0 Å². The van der Waals surface area contributed by atoms with Crippen molar-refractivity contribution in [2.45, 2.75) is 39.7 Å². The summed E-state index contributed by atoms with van der Waals surface area (Å²) in [6, 6.07) is 18.1. The van der Waals surface area contributed by atoms with E-state index in [2.05, 4.69) is 38.1 Å². The van der Waals surface area contributed by atoms with Gasteiger partial charge in [0.15, 0.2) is 11.0 Å². The Hall–Kier alpha value is -4.78. The molecule has 0 radical (unpaired) electrons. The van der Waals surface area contributed by atoms with Gasteiger partial charge < -0.3 is 19.7 Å². The molecule has 0 bridgehead atoms. The number of aromatic nitrogens is 3. The number of thioether (sulfide) groups is 1. The lowest BCUT2D eigenvalue weighted by atomic mass is 10.2. The molecule has 234 valence electrons. The highest BCUT2D eigenvalue weighted by Gasteiger charge is 2.31. The summed E-state index contributed by atoms with van der Waals surface area (Å²) in [7, 11) is 0. The SMILES string of the molecule is CCC(C)Oc1ccc(C)cc1N1CCS/C1=N\C(=O)Nc1ccc(/C=C/c2ncn(-c3ccc(OC(F)(F)F)cc3)n2)cc1. The lowest BCUT2D eigenvalue weighted by molar-refractivity contribution is -0.274. The number of hydrogen-bond donors (Lipinski definition) is 1. The van der Waals surface area contributed by atoms with Crippen LogP contribution in [0.4, 0.5) is 29.3 Å². The number of urea groups is 1. The lowest BCUT2D eigenvalue weighted by Gasteiger charge is -2.23. The van der Waals surface area contributed by atoms with Crippen molar-refractivity contribution in [3.05, 3.63) is 90.0 Å². The van der Waals surface area contributed by atoms with Crippen LogP contribution in [-0.2, 0) is 0 Å². The number of alkyl halides is 3. The Morgan fingerprint density at radius 3 is 2.58 bits per heavy atom. The van der Waals surface area contributed by atoms with E-state index in [0.717, 1.165) is 34.7 Å². The first-order chi connectivity index (χ1) is 21.6. The molecule has 1 atom stereocenters. The number of carbonyl (C=O) groups excluding carboxylic acids is 1. The van der Waals surface area contributed by atoms with E-state index in [0.29, 0.717) is 28.9 Å². The number of benzene rings is 3. The maximum absolute atomic E-state index is 12.9. The smallest absolute Gasteiger partial charge is 0.489 e. The Morgan fingerprint density at radius 2 is 1.87 bits per heavy atom. The molecule has 4 aromatic rings. The molecule has 3 aromatic carbocycles. The maximum Gasteiger partial charge on any atom is 0.573 e. The highest BCUT2D eigenvalue weighted by atomic mass is 32.2. The number of nitrogens with one attached hydrogen (secondary N) is 1. The number of aliphatic imine (C=N–C) groups is 1. The monoisotopic (exact) mass is 636 g/mol. The topological polar surface area (TPSA) is 93.9 Å². The van der Waals surface area contributed by atoms with Gasteiger partial charge in [-0.15, -0.1) is 18.3 Å². The van der Waals surface area contributed by atoms with Gasteiger partial charge in [0.05, 0.1) is 17.5 Å². The Bertz CT molecular complexity index is 1690. The van der Waals surface area contributed by atoms with Crippen molar-refractivity contribution in [2.75, 3.05) is 22.5 Å². The van der Waals surface area contributed by atoms with E-state index in [1.807, 2.05) is 43.0 Å². The van der Waals surface area contributed by atoms with Crippen molar-refractivity contribution in [3.63, 3.8) is 0 Å². The summed E-state index contributed by atoms with van der Waals surface area (Å²) >= 11 is 1.52. The van der Waals surface area contributed by atoms with Crippen LogP contribution in [0.15, 0.2) is 78.0 Å². The first-order valence-electron chi connectivity index (χ1n) is 14.2. The third-order valence-electron chi connectivity index (χ3n) is 6.71. The van der Waals surface area contributed by atoms with Crippen LogP contribution >= 0.6 is 11.8 Å². The van der Waals surface area contributed by atoms with Crippen LogP contribution < -0.4 is 19.7 Å². The van der Waals surface area contributed by atoms with Gasteiger partial charge in [-0.05, 0) is 86.0 Å². The van der Waals surface area contributed by atoms with E-state index in [4.69, 9.17) is 4.74 Å². The normalized spacial score (nSPS) is 15.1. The predicted molar refractivity (Wildman–Crippen MR) is 171 cm³/mol. The number of amides is 2. The highest BCUT2D eigenvalue weighted by Crippen LogP contribution is 2.35. The summed E-state index contributed by atoms with van der Waals surface area (Å²) in [5.74, 6) is 1.66. The van der Waals surface area contributed by atoms with Crippen LogP contribution in [0.2, 0.25) is 0 Å². The fourth-order valence-electron chi connectivity index (χ4n) is 4.32. The van der Waals surface area contributed by atoms with Gasteiger partial charge in [-0.2, -0.15) is 4.99 Å². The molecule has 13 heteroatoms. The van der Waals surface area contributed by atoms with E-state index in [1.165, 1.54) is 47.0 Å². The lowest BCUT2D eigenvalue weighted by Crippen LogP contribution is -2.26. The number of halogens is 3. The molecular weight excluding hydrogens is 605 g/mol. The average Bonchev–Trinajstić information content (AvgIpc) is 3.67. The van der Waals surface area contributed by atoms with E-state index < -0.39 is 12.4 Å². The molecule has 0 aliphatic carbocycles. The number of carbonyl (C=O) groups is 1. The fraction of sp³-hybridized carbons (Fsp3) is 0.250. The molecule has 0 spiro atoms. The molecule has 45 heavy (non-hydrogen) atoms. The summed E-state index contributed by atoms with van der Waals surface area (Å²) in [5.41, 5.74) is 3.95. The highest BCUT2D eigenvalue weighted by molar-refractivity contribution is 8.14. The maximum atomic E-state index is 12.9. The zero-order valence-corrected chi connectivity index (χ0v) is 25.6. The van der Waals surface area contributed by atoms with Crippen molar-refractivity contribution < 1.29 is 27.4 Å². The van der Waals surface area contributed by atoms with Crippen molar-refractivity contribution in [2.24, 2.45) is 4.99 Å². The summed E-state index contributed by atoms with van der Waals surface area (Å²) in [5, 5.41) is 7.77. The van der Waals surface area contributed by atoms with Crippen LogP contribution in [0.5, 0.6) is 11.5 Å². The van der Waals surface area contributed by atoms with Gasteiger partial charge in [0, 0.05) is 18.0 Å². The second-order valence-corrected chi connectivity index (χ2v) is 11.2. The van der Waals surface area contributed by atoms with Gasteiger partial charge in [0.2, 0.25) is 0 Å². The Labute approximate surface area is 262 Å². The van der Waals surface area contributed by atoms with Crippen molar-refractivity contribution in [1.82, 2.24) is 14.8 Å². The first kappa shape index (κ1) is 31.6. The molecule has 2 amide bonds. The Balaban J connectivity index is 1.20. The molecule has 1 saturated heterocycles. The molecule has 1 fully saturated rings. The summed E-state index contributed by atoms with van der Waals surface area (Å²) < 4.78 is 48.6. The number of rotatable bonds is 9. The summed E-state index contributed by atoms with van der Waals surface area (Å²) in [6.45, 7) is 6.84. The van der Waals surface area contributed by atoms with Gasteiger partial charge in [-0.1, -0.05) is 43.0 Å². The quantitative estimate of drug-likeness (QED) is 0.199. The number of aryl methyl sites for hydroxylation is 1. The fourth-order valence-corrected chi connectivity index (χ4v) is 5.27. The van der Waals surface area contributed by atoms with E-state index in [1.54, 1.807) is 24.3 Å². The second-order valence-electron chi connectivity index (χ2n) is 10.2. The largest absolute Gasteiger partial charge is 0.573 e. The molecule has 1 aliphatic rings. The molecule has 5 rings (SSSR count). The number of anilines is 2. The summed E-state index contributed by atoms with van der Waals surface area (Å²) in [6.07, 6.45) is 1.16. The summed E-state index contributed by atoms with van der Waals surface area (Å²) in [4.78, 5) is 23.5. The zero-order chi connectivity index (χ0) is 32.0. The van der Waals surface area contributed by atoms with Crippen LogP contribution in [-0.4, -0.2) is 50.7 Å². The minimum Gasteiger partial charge on any atom is -0.489 e. The van der Waals surface area contributed by atoms with E-state index in [-0.39, 0.29) is 11.9 Å². The molecule has 1 aliphatic heterocycles. The van der Waals surface area contributed by atoms with Gasteiger partial charge in [0.1, 0.15) is 17.8 Å². The van der Waals surface area contributed by atoms with Gasteiger partial charge >= 0.3 is 12.4 Å². The molecule has 9 nitrogen and oxygen atoms in total. The molecule has 1 aromatic heterocycles. The van der Waals surface area contributed by atoms with E-state index >= 15 is 0 Å². The second kappa shape index (κ2) is 13.9. The van der Waals surface area contributed by atoms with Crippen molar-refractivity contribution >= 4 is 46.5 Å². The third-order valence-corrected chi connectivity index (χ3v) is 7.67. The Morgan fingerprint density at radius 1 is 1.11 bits per heavy atom. The van der Waals surface area contributed by atoms with Crippen LogP contribution in [0.25, 0.3) is 17.8 Å².